The number of amides is 1. The van der Waals surface area contributed by atoms with Gasteiger partial charge in [-0.1, -0.05) is 6.42 Å². The molecule has 4 nitrogen and oxygen atoms in total. The van der Waals surface area contributed by atoms with E-state index in [0.717, 1.165) is 29.5 Å². The molecular formula is C14H18BrNO3S. The van der Waals surface area contributed by atoms with Gasteiger partial charge in [0.25, 0.3) is 5.91 Å². The number of carbonyl (C=O) groups excluding carboxylic acids is 2. The molecule has 20 heavy (non-hydrogen) atoms. The molecule has 0 radical (unpaired) electrons. The SMILES string of the molecule is CN(CC(=O)OC1CCCCC1)C(=O)c1ccc(Br)s1. The molecule has 0 N–H and O–H groups in total. The van der Waals surface area contributed by atoms with Gasteiger partial charge in [-0.2, -0.15) is 0 Å². The Bertz CT molecular complexity index is 483. The molecule has 0 saturated heterocycles. The number of ether oxygens (including phenoxy) is 1. The number of carbonyl (C=O) groups is 2. The van der Waals surface area contributed by atoms with Crippen LogP contribution >= 0.6 is 27.3 Å². The smallest absolute Gasteiger partial charge is 0.325 e. The van der Waals surface area contributed by atoms with Gasteiger partial charge in [-0.15, -0.1) is 11.3 Å². The molecule has 0 unspecified atom stereocenters. The Kier molecular flexibility index (Phi) is 5.60. The molecule has 1 saturated carbocycles. The molecule has 0 bridgehead atoms. The first-order valence-electron chi connectivity index (χ1n) is 6.76. The molecule has 0 aliphatic heterocycles. The summed E-state index contributed by atoms with van der Waals surface area (Å²) in [6.45, 7) is 0.00481. The van der Waals surface area contributed by atoms with E-state index in [-0.39, 0.29) is 24.5 Å². The van der Waals surface area contributed by atoms with Crippen molar-refractivity contribution in [3.8, 4) is 0 Å². The molecule has 1 heterocycles. The Morgan fingerprint density at radius 1 is 1.35 bits per heavy atom. The van der Waals surface area contributed by atoms with Crippen molar-refractivity contribution < 1.29 is 14.3 Å². The van der Waals surface area contributed by atoms with E-state index < -0.39 is 0 Å². The number of halogens is 1. The van der Waals surface area contributed by atoms with Crippen LogP contribution in [0, 0.1) is 0 Å². The van der Waals surface area contributed by atoms with Crippen LogP contribution in [0.4, 0.5) is 0 Å². The molecule has 1 aliphatic carbocycles. The molecule has 1 aromatic rings. The molecule has 0 aromatic carbocycles. The second-order valence-electron chi connectivity index (χ2n) is 5.01. The van der Waals surface area contributed by atoms with Gasteiger partial charge in [-0.3, -0.25) is 9.59 Å². The molecule has 0 spiro atoms. The lowest BCUT2D eigenvalue weighted by atomic mass is 9.98. The standard InChI is InChI=1S/C14H18BrNO3S/c1-16(14(18)11-7-8-12(15)20-11)9-13(17)19-10-5-3-2-4-6-10/h7-8,10H,2-6,9H2,1H3. The van der Waals surface area contributed by atoms with Crippen molar-refractivity contribution >= 4 is 39.1 Å². The van der Waals surface area contributed by atoms with E-state index in [2.05, 4.69) is 15.9 Å². The van der Waals surface area contributed by atoms with E-state index >= 15 is 0 Å². The second-order valence-corrected chi connectivity index (χ2v) is 7.48. The zero-order valence-corrected chi connectivity index (χ0v) is 13.8. The molecule has 1 aromatic heterocycles. The topological polar surface area (TPSA) is 46.6 Å². The fraction of sp³-hybridized carbons (Fsp3) is 0.571. The van der Waals surface area contributed by atoms with Crippen molar-refractivity contribution in [3.05, 3.63) is 20.8 Å². The summed E-state index contributed by atoms with van der Waals surface area (Å²) < 4.78 is 6.32. The van der Waals surface area contributed by atoms with Gasteiger partial charge < -0.3 is 9.64 Å². The first kappa shape index (κ1) is 15.5. The highest BCUT2D eigenvalue weighted by Gasteiger charge is 2.21. The summed E-state index contributed by atoms with van der Waals surface area (Å²) in [6, 6.07) is 3.58. The van der Waals surface area contributed by atoms with Crippen LogP contribution in [0.3, 0.4) is 0 Å². The summed E-state index contributed by atoms with van der Waals surface area (Å²) in [7, 11) is 1.62. The average Bonchev–Trinajstić information content (AvgIpc) is 2.85. The van der Waals surface area contributed by atoms with Crippen molar-refractivity contribution in [1.29, 1.82) is 0 Å². The number of esters is 1. The number of hydrogen-bond donors (Lipinski definition) is 0. The Morgan fingerprint density at radius 3 is 2.65 bits per heavy atom. The van der Waals surface area contributed by atoms with Gasteiger partial charge in [0, 0.05) is 7.05 Å². The van der Waals surface area contributed by atoms with Gasteiger partial charge in [0.1, 0.15) is 12.6 Å². The maximum atomic E-state index is 12.1. The quantitative estimate of drug-likeness (QED) is 0.773. The molecule has 1 aliphatic rings. The van der Waals surface area contributed by atoms with E-state index in [1.807, 2.05) is 6.07 Å². The Hall–Kier alpha value is -0.880. The van der Waals surface area contributed by atoms with E-state index in [0.29, 0.717) is 4.88 Å². The summed E-state index contributed by atoms with van der Waals surface area (Å²) in [5.74, 6) is -0.468. The minimum atomic E-state index is -0.316. The summed E-state index contributed by atoms with van der Waals surface area (Å²) in [6.07, 6.45) is 5.39. The predicted molar refractivity (Wildman–Crippen MR) is 81.9 cm³/mol. The number of thiophene rings is 1. The molecule has 0 atom stereocenters. The van der Waals surface area contributed by atoms with Gasteiger partial charge in [0.15, 0.2) is 0 Å². The van der Waals surface area contributed by atoms with Crippen LogP contribution in [0.25, 0.3) is 0 Å². The third kappa shape index (κ3) is 4.31. The summed E-state index contributed by atoms with van der Waals surface area (Å²) >= 11 is 4.68. The maximum absolute atomic E-state index is 12.1. The average molecular weight is 360 g/mol. The Labute approximate surface area is 131 Å². The van der Waals surface area contributed by atoms with Crippen molar-refractivity contribution in [3.63, 3.8) is 0 Å². The fourth-order valence-electron chi connectivity index (χ4n) is 2.29. The van der Waals surface area contributed by atoms with Gasteiger partial charge in [-0.05, 0) is 53.7 Å². The number of hydrogen-bond acceptors (Lipinski definition) is 4. The van der Waals surface area contributed by atoms with E-state index in [9.17, 15) is 9.59 Å². The number of rotatable bonds is 4. The van der Waals surface area contributed by atoms with Crippen LogP contribution in [0.5, 0.6) is 0 Å². The highest BCUT2D eigenvalue weighted by atomic mass is 79.9. The van der Waals surface area contributed by atoms with Crippen LogP contribution in [0.1, 0.15) is 41.8 Å². The lowest BCUT2D eigenvalue weighted by Gasteiger charge is -2.23. The number of nitrogens with zero attached hydrogens (tertiary/aromatic N) is 1. The van der Waals surface area contributed by atoms with E-state index in [1.165, 1.54) is 22.7 Å². The van der Waals surface area contributed by atoms with E-state index in [4.69, 9.17) is 4.74 Å². The van der Waals surface area contributed by atoms with Gasteiger partial charge in [-0.25, -0.2) is 0 Å². The summed E-state index contributed by atoms with van der Waals surface area (Å²) in [4.78, 5) is 26.0. The van der Waals surface area contributed by atoms with E-state index in [1.54, 1.807) is 13.1 Å². The molecule has 1 fully saturated rings. The summed E-state index contributed by atoms with van der Waals surface area (Å²) in [5, 5.41) is 0. The molecular weight excluding hydrogens is 342 g/mol. The zero-order chi connectivity index (χ0) is 14.5. The zero-order valence-electron chi connectivity index (χ0n) is 11.4. The largest absolute Gasteiger partial charge is 0.461 e. The van der Waals surface area contributed by atoms with Crippen LogP contribution in [0.15, 0.2) is 15.9 Å². The maximum Gasteiger partial charge on any atom is 0.325 e. The second kappa shape index (κ2) is 7.22. The van der Waals surface area contributed by atoms with Crippen molar-refractivity contribution in [1.82, 2.24) is 4.90 Å². The minimum Gasteiger partial charge on any atom is -0.461 e. The van der Waals surface area contributed by atoms with Crippen molar-refractivity contribution in [2.45, 2.75) is 38.2 Å². The van der Waals surface area contributed by atoms with Gasteiger partial charge in [0.2, 0.25) is 0 Å². The highest BCUT2D eigenvalue weighted by molar-refractivity contribution is 9.11. The Balaban J connectivity index is 1.82. The van der Waals surface area contributed by atoms with Crippen LogP contribution in [-0.2, 0) is 9.53 Å². The third-order valence-corrected chi connectivity index (χ3v) is 4.96. The lowest BCUT2D eigenvalue weighted by molar-refractivity contribution is -0.150. The first-order chi connectivity index (χ1) is 9.56. The third-order valence-electron chi connectivity index (χ3n) is 3.35. The van der Waals surface area contributed by atoms with Crippen molar-refractivity contribution in [2.75, 3.05) is 13.6 Å². The van der Waals surface area contributed by atoms with Gasteiger partial charge in [0.05, 0.1) is 8.66 Å². The van der Waals surface area contributed by atoms with Gasteiger partial charge >= 0.3 is 5.97 Å². The Morgan fingerprint density at radius 2 is 2.05 bits per heavy atom. The molecule has 6 heteroatoms. The monoisotopic (exact) mass is 359 g/mol. The normalized spacial score (nSPS) is 15.9. The fourth-order valence-corrected chi connectivity index (χ4v) is 3.67. The van der Waals surface area contributed by atoms with Crippen molar-refractivity contribution in [2.24, 2.45) is 0 Å². The predicted octanol–water partition coefficient (Wildman–Crippen LogP) is 3.46. The molecule has 1 amide bonds. The minimum absolute atomic E-state index is 0.00481. The molecule has 2 rings (SSSR count). The van der Waals surface area contributed by atoms with Crippen LogP contribution in [0.2, 0.25) is 0 Å². The first-order valence-corrected chi connectivity index (χ1v) is 8.37. The summed E-state index contributed by atoms with van der Waals surface area (Å²) in [5.41, 5.74) is 0. The van der Waals surface area contributed by atoms with Crippen LogP contribution in [-0.4, -0.2) is 36.5 Å². The highest BCUT2D eigenvalue weighted by Crippen LogP contribution is 2.23. The van der Waals surface area contributed by atoms with Crippen LogP contribution < -0.4 is 0 Å². The number of likely N-dealkylation sites (N-methyl/N-ethyl adjacent to an activating group) is 1. The lowest BCUT2D eigenvalue weighted by Crippen LogP contribution is -2.34. The molecule has 110 valence electrons.